The molecule has 4 heteroatoms. The Morgan fingerprint density at radius 2 is 1.25 bits per heavy atom. The summed E-state index contributed by atoms with van der Waals surface area (Å²) in [5.41, 5.74) is 5.50. The van der Waals surface area contributed by atoms with E-state index in [4.69, 9.17) is 4.74 Å². The lowest BCUT2D eigenvalue weighted by molar-refractivity contribution is 0.369. The standard InChI is InChI=1S/C24H26O4/c1-13-9-15(3)21(18(25)11-13)23(17-7-6-8-20(28-5)24(17)27)22-16(4)10-14(2)12-19(22)26/h6-12,23,25-27H,1-5H3. The number of ether oxygens (including phenoxy) is 1. The molecular weight excluding hydrogens is 352 g/mol. The Morgan fingerprint density at radius 1 is 0.750 bits per heavy atom. The molecule has 3 N–H and O–H groups in total. The number of methoxy groups -OCH3 is 1. The van der Waals surface area contributed by atoms with Gasteiger partial charge in [0.1, 0.15) is 11.5 Å². The van der Waals surface area contributed by atoms with Crippen molar-refractivity contribution in [1.82, 2.24) is 0 Å². The number of phenols is 3. The van der Waals surface area contributed by atoms with Gasteiger partial charge in [-0.1, -0.05) is 24.3 Å². The first-order valence-electron chi connectivity index (χ1n) is 9.20. The van der Waals surface area contributed by atoms with Gasteiger partial charge in [0.15, 0.2) is 11.5 Å². The average Bonchev–Trinajstić information content (AvgIpc) is 2.59. The van der Waals surface area contributed by atoms with Gasteiger partial charge in [-0.2, -0.15) is 0 Å². The van der Waals surface area contributed by atoms with Crippen LogP contribution in [0.5, 0.6) is 23.0 Å². The Bertz CT molecular complexity index is 933. The lowest BCUT2D eigenvalue weighted by Crippen LogP contribution is -2.09. The van der Waals surface area contributed by atoms with E-state index < -0.39 is 5.92 Å². The van der Waals surface area contributed by atoms with Crippen molar-refractivity contribution in [2.75, 3.05) is 7.11 Å². The van der Waals surface area contributed by atoms with E-state index in [1.54, 1.807) is 30.3 Å². The topological polar surface area (TPSA) is 69.9 Å². The molecule has 0 aliphatic carbocycles. The second-order valence-electron chi connectivity index (χ2n) is 7.36. The maximum Gasteiger partial charge on any atom is 0.161 e. The van der Waals surface area contributed by atoms with Crippen LogP contribution in [0.25, 0.3) is 0 Å². The van der Waals surface area contributed by atoms with Crippen LogP contribution in [0.1, 0.15) is 44.9 Å². The van der Waals surface area contributed by atoms with E-state index >= 15 is 0 Å². The lowest BCUT2D eigenvalue weighted by atomic mass is 9.79. The van der Waals surface area contributed by atoms with Crippen molar-refractivity contribution >= 4 is 0 Å². The zero-order chi connectivity index (χ0) is 20.6. The van der Waals surface area contributed by atoms with Crippen molar-refractivity contribution < 1.29 is 20.1 Å². The third kappa shape index (κ3) is 3.38. The Morgan fingerprint density at radius 3 is 1.68 bits per heavy atom. The maximum absolute atomic E-state index is 10.9. The molecule has 28 heavy (non-hydrogen) atoms. The highest BCUT2D eigenvalue weighted by Gasteiger charge is 2.29. The quantitative estimate of drug-likeness (QED) is 0.544. The predicted octanol–water partition coefficient (Wildman–Crippen LogP) is 5.23. The second-order valence-corrected chi connectivity index (χ2v) is 7.36. The number of para-hydroxylation sites is 1. The second kappa shape index (κ2) is 7.47. The minimum atomic E-state index is -0.559. The Hall–Kier alpha value is -3.14. The van der Waals surface area contributed by atoms with Crippen LogP contribution < -0.4 is 4.74 Å². The summed E-state index contributed by atoms with van der Waals surface area (Å²) in [4.78, 5) is 0. The van der Waals surface area contributed by atoms with Crippen LogP contribution in [-0.2, 0) is 0 Å². The number of benzene rings is 3. The van der Waals surface area contributed by atoms with Crippen LogP contribution in [0, 0.1) is 27.7 Å². The molecule has 3 rings (SSSR count). The first kappa shape index (κ1) is 19.6. The fraction of sp³-hybridized carbons (Fsp3) is 0.250. The molecule has 0 spiro atoms. The van der Waals surface area contributed by atoms with Crippen LogP contribution >= 0.6 is 0 Å². The van der Waals surface area contributed by atoms with Gasteiger partial charge in [0.2, 0.25) is 0 Å². The van der Waals surface area contributed by atoms with Gasteiger partial charge in [-0.15, -0.1) is 0 Å². The molecule has 0 aliphatic heterocycles. The first-order chi connectivity index (χ1) is 13.2. The summed E-state index contributed by atoms with van der Waals surface area (Å²) < 4.78 is 5.29. The normalized spacial score (nSPS) is 11.1. The number of aromatic hydroxyl groups is 3. The number of phenolic OH excluding ortho intramolecular Hbond substituents is 3. The zero-order valence-corrected chi connectivity index (χ0v) is 16.9. The molecule has 0 aromatic heterocycles. The highest BCUT2D eigenvalue weighted by Crippen LogP contribution is 2.48. The molecule has 3 aromatic carbocycles. The van der Waals surface area contributed by atoms with Crippen LogP contribution in [0.3, 0.4) is 0 Å². The largest absolute Gasteiger partial charge is 0.508 e. The molecule has 4 nitrogen and oxygen atoms in total. The van der Waals surface area contributed by atoms with E-state index in [1.165, 1.54) is 7.11 Å². The average molecular weight is 378 g/mol. The van der Waals surface area contributed by atoms with Crippen molar-refractivity contribution in [2.45, 2.75) is 33.6 Å². The van der Waals surface area contributed by atoms with Crippen LogP contribution in [0.15, 0.2) is 42.5 Å². The van der Waals surface area contributed by atoms with Crippen LogP contribution in [0.4, 0.5) is 0 Å². The Labute approximate surface area is 165 Å². The summed E-state index contributed by atoms with van der Waals surface area (Å²) in [7, 11) is 1.50. The van der Waals surface area contributed by atoms with Crippen molar-refractivity contribution in [2.24, 2.45) is 0 Å². The van der Waals surface area contributed by atoms with E-state index in [0.717, 1.165) is 22.3 Å². The summed E-state index contributed by atoms with van der Waals surface area (Å²) in [5, 5.41) is 32.5. The Kier molecular flexibility index (Phi) is 5.23. The molecule has 0 unspecified atom stereocenters. The lowest BCUT2D eigenvalue weighted by Gasteiger charge is -2.26. The van der Waals surface area contributed by atoms with Crippen molar-refractivity contribution in [3.63, 3.8) is 0 Å². The molecule has 3 aromatic rings. The molecule has 0 radical (unpaired) electrons. The van der Waals surface area contributed by atoms with Gasteiger partial charge in [0.25, 0.3) is 0 Å². The molecule has 0 heterocycles. The molecule has 0 aliphatic rings. The van der Waals surface area contributed by atoms with Gasteiger partial charge in [0.05, 0.1) is 7.11 Å². The van der Waals surface area contributed by atoms with E-state index in [2.05, 4.69) is 0 Å². The smallest absolute Gasteiger partial charge is 0.161 e. The molecule has 0 bridgehead atoms. The molecule has 0 fully saturated rings. The Balaban J connectivity index is 2.41. The minimum Gasteiger partial charge on any atom is -0.508 e. The zero-order valence-electron chi connectivity index (χ0n) is 16.9. The van der Waals surface area contributed by atoms with Gasteiger partial charge >= 0.3 is 0 Å². The first-order valence-corrected chi connectivity index (χ1v) is 9.20. The van der Waals surface area contributed by atoms with Gasteiger partial charge < -0.3 is 20.1 Å². The fourth-order valence-corrected chi connectivity index (χ4v) is 4.06. The highest BCUT2D eigenvalue weighted by molar-refractivity contribution is 5.62. The third-order valence-corrected chi connectivity index (χ3v) is 5.16. The van der Waals surface area contributed by atoms with Gasteiger partial charge in [-0.25, -0.2) is 0 Å². The molecule has 0 saturated heterocycles. The van der Waals surface area contributed by atoms with Crippen LogP contribution in [0.2, 0.25) is 0 Å². The predicted molar refractivity (Wildman–Crippen MR) is 111 cm³/mol. The molecule has 0 saturated carbocycles. The molecular formula is C24H26O4. The monoisotopic (exact) mass is 378 g/mol. The van der Waals surface area contributed by atoms with Crippen LogP contribution in [-0.4, -0.2) is 22.4 Å². The minimum absolute atomic E-state index is 0.00579. The van der Waals surface area contributed by atoms with E-state index in [0.29, 0.717) is 22.4 Å². The SMILES string of the molecule is COc1cccc(C(c2c(C)cc(C)cc2O)c2c(C)cc(C)cc2O)c1O. The third-order valence-electron chi connectivity index (χ3n) is 5.16. The van der Waals surface area contributed by atoms with Crippen molar-refractivity contribution in [3.05, 3.63) is 81.4 Å². The van der Waals surface area contributed by atoms with Gasteiger partial charge in [-0.3, -0.25) is 0 Å². The maximum atomic E-state index is 10.9. The van der Waals surface area contributed by atoms with Gasteiger partial charge in [-0.05, 0) is 68.1 Å². The van der Waals surface area contributed by atoms with Crippen molar-refractivity contribution in [3.8, 4) is 23.0 Å². The van der Waals surface area contributed by atoms with E-state index in [-0.39, 0.29) is 17.2 Å². The summed E-state index contributed by atoms with van der Waals surface area (Å²) in [6.45, 7) is 7.69. The molecule has 0 atom stereocenters. The fourth-order valence-electron chi connectivity index (χ4n) is 4.06. The number of rotatable bonds is 4. The van der Waals surface area contributed by atoms with E-state index in [9.17, 15) is 15.3 Å². The highest BCUT2D eigenvalue weighted by atomic mass is 16.5. The summed E-state index contributed by atoms with van der Waals surface area (Å²) in [6, 6.07) is 12.6. The summed E-state index contributed by atoms with van der Waals surface area (Å²) >= 11 is 0. The van der Waals surface area contributed by atoms with Crippen molar-refractivity contribution in [1.29, 1.82) is 0 Å². The molecule has 0 amide bonds. The summed E-state index contributed by atoms with van der Waals surface area (Å²) in [5.74, 6) is 0.0363. The van der Waals surface area contributed by atoms with E-state index in [1.807, 2.05) is 39.8 Å². The van der Waals surface area contributed by atoms with Gasteiger partial charge in [0, 0.05) is 22.6 Å². The summed E-state index contributed by atoms with van der Waals surface area (Å²) in [6.07, 6.45) is 0. The number of hydrogen-bond acceptors (Lipinski definition) is 4. The number of aryl methyl sites for hydroxylation is 4. The number of hydrogen-bond donors (Lipinski definition) is 3. The molecule has 146 valence electrons.